The van der Waals surface area contributed by atoms with Gasteiger partial charge in [0.05, 0.1) is 52.9 Å². The summed E-state index contributed by atoms with van der Waals surface area (Å²) in [6, 6.07) is 0. The second-order valence-corrected chi connectivity index (χ2v) is 4.05. The minimum absolute atomic E-state index is 0.392. The van der Waals surface area contributed by atoms with Crippen molar-refractivity contribution in [3.8, 4) is 0 Å². The summed E-state index contributed by atoms with van der Waals surface area (Å²) in [5, 5.41) is 0. The van der Waals surface area contributed by atoms with Crippen LogP contribution in [0.15, 0.2) is 0 Å². The first-order valence-corrected chi connectivity index (χ1v) is 6.23. The van der Waals surface area contributed by atoms with Crippen LogP contribution in [0.3, 0.4) is 0 Å². The highest BCUT2D eigenvalue weighted by atomic mass is 16.6. The van der Waals surface area contributed by atoms with Gasteiger partial charge in [0.25, 0.3) is 0 Å². The van der Waals surface area contributed by atoms with E-state index < -0.39 is 0 Å². The summed E-state index contributed by atoms with van der Waals surface area (Å²) in [4.78, 5) is 0. The summed E-state index contributed by atoms with van der Waals surface area (Å²) in [5.74, 6) is 0. The fourth-order valence-electron chi connectivity index (χ4n) is 1.05. The molecule has 6 nitrogen and oxygen atoms in total. The van der Waals surface area contributed by atoms with Crippen LogP contribution in [0.2, 0.25) is 0 Å². The molecular weight excluding hydrogens is 240 g/mol. The van der Waals surface area contributed by atoms with Crippen LogP contribution in [0.1, 0.15) is 0 Å². The average molecular weight is 264 g/mol. The molecule has 0 spiro atoms. The van der Waals surface area contributed by atoms with Crippen molar-refractivity contribution in [2.75, 3.05) is 67.1 Å². The lowest BCUT2D eigenvalue weighted by molar-refractivity contribution is 0.0385. The van der Waals surface area contributed by atoms with Crippen LogP contribution in [0, 0.1) is 0 Å². The molecule has 0 N–H and O–H groups in total. The Bertz CT molecular complexity index is 163. The number of ether oxygens (including phenoxy) is 6. The Morgan fingerprint density at radius 1 is 0.778 bits per heavy atom. The molecule has 0 bridgehead atoms. The smallest absolute Gasteiger partial charge is 0.104 e. The Morgan fingerprint density at radius 3 is 1.56 bits per heavy atom. The van der Waals surface area contributed by atoms with E-state index in [-0.39, 0.29) is 0 Å². The Kier molecular flexibility index (Phi) is 9.37. The zero-order valence-electron chi connectivity index (χ0n) is 11.3. The first-order chi connectivity index (χ1) is 8.86. The van der Waals surface area contributed by atoms with Gasteiger partial charge in [0.1, 0.15) is 12.2 Å². The van der Waals surface area contributed by atoms with E-state index in [4.69, 9.17) is 28.4 Å². The molecule has 2 saturated heterocycles. The van der Waals surface area contributed by atoms with Crippen molar-refractivity contribution in [1.82, 2.24) is 0 Å². The molecular formula is C12H24O6. The van der Waals surface area contributed by atoms with Crippen LogP contribution >= 0.6 is 0 Å². The van der Waals surface area contributed by atoms with E-state index in [0.717, 1.165) is 26.4 Å². The molecule has 0 aromatic carbocycles. The molecule has 2 aliphatic rings. The van der Waals surface area contributed by atoms with Crippen molar-refractivity contribution < 1.29 is 28.4 Å². The van der Waals surface area contributed by atoms with Crippen LogP contribution in [0.25, 0.3) is 0 Å². The molecule has 2 unspecified atom stereocenters. The van der Waals surface area contributed by atoms with E-state index >= 15 is 0 Å². The van der Waals surface area contributed by atoms with Gasteiger partial charge in [-0.05, 0) is 0 Å². The minimum Gasteiger partial charge on any atom is -0.382 e. The molecule has 2 heterocycles. The van der Waals surface area contributed by atoms with Gasteiger partial charge >= 0.3 is 0 Å². The Labute approximate surface area is 108 Å². The third-order valence-corrected chi connectivity index (χ3v) is 2.28. The van der Waals surface area contributed by atoms with Crippen molar-refractivity contribution in [3.63, 3.8) is 0 Å². The van der Waals surface area contributed by atoms with Crippen molar-refractivity contribution in [2.24, 2.45) is 0 Å². The van der Waals surface area contributed by atoms with Crippen LogP contribution in [0.4, 0.5) is 0 Å². The highest BCUT2D eigenvalue weighted by molar-refractivity contribution is 4.71. The van der Waals surface area contributed by atoms with Gasteiger partial charge < -0.3 is 28.4 Å². The Hall–Kier alpha value is -0.240. The molecule has 0 radical (unpaired) electrons. The predicted molar refractivity (Wildman–Crippen MR) is 64.9 cm³/mol. The average Bonchev–Trinajstić information content (AvgIpc) is 3.24. The van der Waals surface area contributed by atoms with Gasteiger partial charge in [0, 0.05) is 14.2 Å². The maximum absolute atomic E-state index is 5.23. The van der Waals surface area contributed by atoms with Crippen molar-refractivity contribution in [1.29, 1.82) is 0 Å². The fourth-order valence-corrected chi connectivity index (χ4v) is 1.05. The van der Waals surface area contributed by atoms with Gasteiger partial charge in [0.2, 0.25) is 0 Å². The topological polar surface area (TPSA) is 62.0 Å². The molecule has 0 saturated carbocycles. The summed E-state index contributed by atoms with van der Waals surface area (Å²) in [7, 11) is 3.30. The van der Waals surface area contributed by atoms with E-state index in [1.54, 1.807) is 14.2 Å². The molecule has 0 aliphatic carbocycles. The van der Waals surface area contributed by atoms with Crippen molar-refractivity contribution >= 4 is 0 Å². The molecule has 2 rings (SSSR count). The van der Waals surface area contributed by atoms with E-state index in [2.05, 4.69) is 0 Å². The highest BCUT2D eigenvalue weighted by Gasteiger charge is 2.26. The third kappa shape index (κ3) is 10.9. The second-order valence-electron chi connectivity index (χ2n) is 4.05. The van der Waals surface area contributed by atoms with Crippen molar-refractivity contribution in [2.45, 2.75) is 12.2 Å². The molecule has 18 heavy (non-hydrogen) atoms. The van der Waals surface area contributed by atoms with Crippen LogP contribution in [-0.4, -0.2) is 79.3 Å². The molecule has 2 atom stereocenters. The quantitative estimate of drug-likeness (QED) is 0.412. The van der Waals surface area contributed by atoms with Crippen LogP contribution in [-0.2, 0) is 28.4 Å². The molecule has 0 aromatic heterocycles. The predicted octanol–water partition coefficient (Wildman–Crippen LogP) is 0.0964. The number of hydrogen-bond donors (Lipinski definition) is 0. The lowest BCUT2D eigenvalue weighted by Gasteiger charge is -2.00. The van der Waals surface area contributed by atoms with Crippen molar-refractivity contribution in [3.05, 3.63) is 0 Å². The summed E-state index contributed by atoms with van der Waals surface area (Å²) >= 11 is 0. The van der Waals surface area contributed by atoms with Crippen LogP contribution in [0.5, 0.6) is 0 Å². The third-order valence-electron chi connectivity index (χ3n) is 2.28. The Morgan fingerprint density at radius 2 is 1.22 bits per heavy atom. The summed E-state index contributed by atoms with van der Waals surface area (Å²) < 4.78 is 29.7. The summed E-state index contributed by atoms with van der Waals surface area (Å²) in [5.41, 5.74) is 0. The van der Waals surface area contributed by atoms with Gasteiger partial charge in [-0.2, -0.15) is 0 Å². The zero-order chi connectivity index (χ0) is 13.1. The maximum atomic E-state index is 5.23. The summed E-state index contributed by atoms with van der Waals surface area (Å²) in [6.45, 7) is 5.88. The number of methoxy groups -OCH3 is 2. The number of hydrogen-bond acceptors (Lipinski definition) is 6. The lowest BCUT2D eigenvalue weighted by atomic mass is 10.5. The number of rotatable bonds is 10. The lowest BCUT2D eigenvalue weighted by Crippen LogP contribution is -2.06. The molecule has 6 heteroatoms. The van der Waals surface area contributed by atoms with Gasteiger partial charge in [-0.25, -0.2) is 0 Å². The molecule has 2 fully saturated rings. The first-order valence-electron chi connectivity index (χ1n) is 6.23. The minimum atomic E-state index is 0.392. The van der Waals surface area contributed by atoms with Crippen LogP contribution < -0.4 is 0 Å². The van der Waals surface area contributed by atoms with E-state index in [1.807, 2.05) is 0 Å². The second kappa shape index (κ2) is 10.7. The standard InChI is InChI=1S/C6H10O3.C6H14O3/c1(5-3-8-5)7-2-6-4-9-6;1-7-3-5-9-6-4-8-2/h5-6H,1-4H2;3-6H2,1-2H3. The van der Waals surface area contributed by atoms with E-state index in [9.17, 15) is 0 Å². The molecule has 0 aromatic rings. The molecule has 2 aliphatic heterocycles. The van der Waals surface area contributed by atoms with Gasteiger partial charge in [-0.3, -0.25) is 0 Å². The molecule has 0 amide bonds. The van der Waals surface area contributed by atoms with E-state index in [1.165, 1.54) is 0 Å². The zero-order valence-corrected chi connectivity index (χ0v) is 11.3. The van der Waals surface area contributed by atoms with Gasteiger partial charge in [0.15, 0.2) is 0 Å². The SMILES string of the molecule is C(OCC1CO1)C1CO1.COCCOCCOC. The maximum Gasteiger partial charge on any atom is 0.104 e. The normalized spacial score (nSPS) is 24.3. The largest absolute Gasteiger partial charge is 0.382 e. The number of epoxide rings is 2. The Balaban J connectivity index is 0.000000180. The van der Waals surface area contributed by atoms with Gasteiger partial charge in [-0.1, -0.05) is 0 Å². The highest BCUT2D eigenvalue weighted by Crippen LogP contribution is 2.12. The monoisotopic (exact) mass is 264 g/mol. The molecule has 108 valence electrons. The van der Waals surface area contributed by atoms with Gasteiger partial charge in [-0.15, -0.1) is 0 Å². The first kappa shape index (κ1) is 15.8. The fraction of sp³-hybridized carbons (Fsp3) is 1.00. The van der Waals surface area contributed by atoms with E-state index in [0.29, 0.717) is 38.6 Å². The summed E-state index contributed by atoms with van der Waals surface area (Å²) in [6.07, 6.45) is 0.785.